The topological polar surface area (TPSA) is 23.1 Å². The molecule has 1 nitrogen and oxygen atoms in total. The number of hydrogen-bond donors (Lipinski definition) is 0. The molecule has 4 heteroatoms. The molecule has 0 N–H and O–H groups in total. The monoisotopic (exact) mass is 207 g/mol. The van der Waals surface area contributed by atoms with Gasteiger partial charge >= 0.3 is 0 Å². The molecule has 0 fully saturated rings. The van der Waals surface area contributed by atoms with Crippen molar-refractivity contribution in [2.75, 3.05) is 0 Å². The van der Waals surface area contributed by atoms with Crippen LogP contribution < -0.4 is 5.11 Å². The van der Waals surface area contributed by atoms with Crippen LogP contribution in [0.3, 0.4) is 0 Å². The highest BCUT2D eigenvalue weighted by molar-refractivity contribution is 9.10. The van der Waals surface area contributed by atoms with E-state index in [1.54, 1.807) is 0 Å². The van der Waals surface area contributed by atoms with Crippen LogP contribution in [0.1, 0.15) is 0 Å². The fraction of sp³-hybridized carbons (Fsp3) is 0. The van der Waals surface area contributed by atoms with Crippen molar-refractivity contribution in [3.63, 3.8) is 0 Å². The maximum Gasteiger partial charge on any atom is 0.159 e. The summed E-state index contributed by atoms with van der Waals surface area (Å²) < 4.78 is 24.7. The summed E-state index contributed by atoms with van der Waals surface area (Å²) in [6.45, 7) is 0. The molecule has 0 radical (unpaired) electrons. The molecule has 0 atom stereocenters. The van der Waals surface area contributed by atoms with E-state index < -0.39 is 17.4 Å². The Labute approximate surface area is 64.4 Å². The lowest BCUT2D eigenvalue weighted by atomic mass is 10.3. The van der Waals surface area contributed by atoms with E-state index >= 15 is 0 Å². The first-order valence-corrected chi connectivity index (χ1v) is 3.22. The van der Waals surface area contributed by atoms with E-state index in [1.165, 1.54) is 0 Å². The highest BCUT2D eigenvalue weighted by Gasteiger charge is 2.01. The molecule has 10 heavy (non-hydrogen) atoms. The molecule has 0 amide bonds. The number of benzene rings is 1. The molecule has 1 aromatic rings. The van der Waals surface area contributed by atoms with Gasteiger partial charge in [-0.1, -0.05) is 27.7 Å². The molecule has 0 spiro atoms. The molecule has 0 saturated carbocycles. The maximum atomic E-state index is 12.2. The van der Waals surface area contributed by atoms with Crippen LogP contribution in [-0.4, -0.2) is 0 Å². The van der Waals surface area contributed by atoms with Crippen LogP contribution in [-0.2, 0) is 0 Å². The van der Waals surface area contributed by atoms with Crippen molar-refractivity contribution < 1.29 is 13.9 Å². The lowest BCUT2D eigenvalue weighted by molar-refractivity contribution is -0.273. The summed E-state index contributed by atoms with van der Waals surface area (Å²) in [5, 5.41) is 10.4. The van der Waals surface area contributed by atoms with Crippen LogP contribution in [0.2, 0.25) is 0 Å². The number of hydrogen-bond acceptors (Lipinski definition) is 1. The van der Waals surface area contributed by atoms with Gasteiger partial charge in [-0.25, -0.2) is 8.78 Å². The maximum absolute atomic E-state index is 12.2. The smallest absolute Gasteiger partial charge is 0.159 e. The molecule has 0 bridgehead atoms. The fourth-order valence-electron chi connectivity index (χ4n) is 0.532. The molecule has 0 aliphatic rings. The summed E-state index contributed by atoms with van der Waals surface area (Å²) in [6.07, 6.45) is 0. The molecular formula is C6H2BrF2O-. The van der Waals surface area contributed by atoms with Crippen molar-refractivity contribution in [3.8, 4) is 5.75 Å². The Hall–Kier alpha value is -0.640. The van der Waals surface area contributed by atoms with Gasteiger partial charge in [-0.15, -0.1) is 0 Å². The summed E-state index contributed by atoms with van der Waals surface area (Å²) in [5.41, 5.74) is 0. The minimum Gasteiger partial charge on any atom is -0.870 e. The second kappa shape index (κ2) is 2.54. The van der Waals surface area contributed by atoms with Gasteiger partial charge in [-0.3, -0.25) is 0 Å². The Kier molecular flexibility index (Phi) is 1.89. The van der Waals surface area contributed by atoms with Gasteiger partial charge in [-0.05, 0) is 6.07 Å². The van der Waals surface area contributed by atoms with Crippen molar-refractivity contribution in [1.82, 2.24) is 0 Å². The molecule has 0 saturated heterocycles. The Morgan fingerprint density at radius 1 is 1.30 bits per heavy atom. The third kappa shape index (κ3) is 1.26. The first-order valence-electron chi connectivity index (χ1n) is 2.43. The molecule has 0 heterocycles. The van der Waals surface area contributed by atoms with Gasteiger partial charge in [0.05, 0.1) is 0 Å². The molecule has 0 aliphatic heterocycles. The van der Waals surface area contributed by atoms with Crippen molar-refractivity contribution in [2.45, 2.75) is 0 Å². The van der Waals surface area contributed by atoms with E-state index in [0.29, 0.717) is 0 Å². The van der Waals surface area contributed by atoms with Crippen LogP contribution in [0.25, 0.3) is 0 Å². The Morgan fingerprint density at radius 3 is 2.40 bits per heavy atom. The zero-order valence-corrected chi connectivity index (χ0v) is 6.28. The molecule has 1 rings (SSSR count). The normalized spacial score (nSPS) is 9.90. The van der Waals surface area contributed by atoms with Crippen LogP contribution in [0.5, 0.6) is 5.75 Å². The summed E-state index contributed by atoms with van der Waals surface area (Å²) in [7, 11) is 0. The second-order valence-corrected chi connectivity index (χ2v) is 2.62. The van der Waals surface area contributed by atoms with Gasteiger partial charge in [0.25, 0.3) is 0 Å². The van der Waals surface area contributed by atoms with Gasteiger partial charge in [-0.2, -0.15) is 0 Å². The number of halogens is 3. The lowest BCUT2D eigenvalue weighted by Gasteiger charge is -2.06. The Balaban J connectivity index is 3.31. The minimum absolute atomic E-state index is 0.247. The van der Waals surface area contributed by atoms with Crippen molar-refractivity contribution in [2.24, 2.45) is 0 Å². The number of rotatable bonds is 0. The van der Waals surface area contributed by atoms with Gasteiger partial charge < -0.3 is 5.11 Å². The van der Waals surface area contributed by atoms with E-state index in [-0.39, 0.29) is 4.47 Å². The van der Waals surface area contributed by atoms with Gasteiger partial charge in [0.2, 0.25) is 0 Å². The highest BCUT2D eigenvalue weighted by atomic mass is 79.9. The first-order chi connectivity index (χ1) is 4.61. The molecule has 0 unspecified atom stereocenters. The van der Waals surface area contributed by atoms with Crippen LogP contribution in [0.4, 0.5) is 8.78 Å². The average molecular weight is 208 g/mol. The second-order valence-electron chi connectivity index (χ2n) is 1.70. The van der Waals surface area contributed by atoms with Crippen molar-refractivity contribution >= 4 is 15.9 Å². The highest BCUT2D eigenvalue weighted by Crippen LogP contribution is 2.21. The predicted molar refractivity (Wildman–Crippen MR) is 33.5 cm³/mol. The van der Waals surface area contributed by atoms with E-state index in [2.05, 4.69) is 15.9 Å². The predicted octanol–water partition coefficient (Wildman–Crippen LogP) is 1.80. The average Bonchev–Trinajstić information content (AvgIpc) is 1.82. The first kappa shape index (κ1) is 7.47. The van der Waals surface area contributed by atoms with Crippen LogP contribution in [0, 0.1) is 11.6 Å². The van der Waals surface area contributed by atoms with E-state index in [0.717, 1.165) is 12.1 Å². The summed E-state index contributed by atoms with van der Waals surface area (Å²) in [6, 6.07) is 1.87. The van der Waals surface area contributed by atoms with Crippen molar-refractivity contribution in [1.29, 1.82) is 0 Å². The zero-order chi connectivity index (χ0) is 7.72. The minimum atomic E-state index is -1.33. The van der Waals surface area contributed by atoms with Crippen LogP contribution >= 0.6 is 15.9 Å². The fourth-order valence-corrected chi connectivity index (χ4v) is 0.941. The van der Waals surface area contributed by atoms with Gasteiger partial charge in [0.1, 0.15) is 0 Å². The van der Waals surface area contributed by atoms with Gasteiger partial charge in [0, 0.05) is 4.47 Å². The quantitative estimate of drug-likeness (QED) is 0.596. The third-order valence-electron chi connectivity index (χ3n) is 0.960. The molecular weight excluding hydrogens is 206 g/mol. The van der Waals surface area contributed by atoms with E-state index in [4.69, 9.17) is 0 Å². The molecule has 1 aromatic carbocycles. The summed E-state index contributed by atoms with van der Waals surface area (Å²) in [4.78, 5) is 0. The van der Waals surface area contributed by atoms with Crippen molar-refractivity contribution in [3.05, 3.63) is 28.2 Å². The van der Waals surface area contributed by atoms with Gasteiger partial charge in [0.15, 0.2) is 11.6 Å². The zero-order valence-electron chi connectivity index (χ0n) is 4.70. The lowest BCUT2D eigenvalue weighted by Crippen LogP contribution is -1.96. The largest absolute Gasteiger partial charge is 0.870 e. The summed E-state index contributed by atoms with van der Waals surface area (Å²) >= 11 is 2.84. The Morgan fingerprint density at radius 2 is 1.90 bits per heavy atom. The standard InChI is InChI=1S/C6H3BrF2O/c7-3-1-4(8)6(9)5(10)2-3/h1-2,10H/p-1. The van der Waals surface area contributed by atoms with Crippen LogP contribution in [0.15, 0.2) is 16.6 Å². The molecule has 0 aliphatic carbocycles. The SMILES string of the molecule is [O-]c1cc(Br)cc(F)c1F. The molecule has 54 valence electrons. The van der Waals surface area contributed by atoms with E-state index in [1.807, 2.05) is 0 Å². The third-order valence-corrected chi connectivity index (χ3v) is 1.42. The summed E-state index contributed by atoms with van der Waals surface area (Å²) in [5.74, 6) is -3.39. The van der Waals surface area contributed by atoms with E-state index in [9.17, 15) is 13.9 Å². The Bertz CT molecular complexity index is 239. The molecule has 0 aromatic heterocycles.